The maximum absolute atomic E-state index is 16.8. The van der Waals surface area contributed by atoms with Gasteiger partial charge in [0.05, 0.1) is 11.9 Å². The van der Waals surface area contributed by atoms with E-state index in [4.69, 9.17) is 6.42 Å². The van der Waals surface area contributed by atoms with Gasteiger partial charge < -0.3 is 5.11 Å². The smallest absolute Gasteiger partial charge is 0.193 e. The summed E-state index contributed by atoms with van der Waals surface area (Å²) in [6, 6.07) is 0. The SMILES string of the molecule is C#CCSC(=O)[C@H]1CCC2[C@@H]3C[C@H](F)C4=CC(=O)C=C[C@]4(C)[C@@]3(F)[C@@H](O)C[C@@]21C. The minimum absolute atomic E-state index is 0.0194. The maximum Gasteiger partial charge on any atom is 0.193 e. The third-order valence-electron chi connectivity index (χ3n) is 8.21. The van der Waals surface area contributed by atoms with Gasteiger partial charge in [0.25, 0.3) is 0 Å². The van der Waals surface area contributed by atoms with E-state index in [2.05, 4.69) is 5.92 Å². The van der Waals surface area contributed by atoms with Crippen molar-refractivity contribution in [1.82, 2.24) is 0 Å². The van der Waals surface area contributed by atoms with E-state index in [9.17, 15) is 14.7 Å². The van der Waals surface area contributed by atoms with Crippen LogP contribution in [-0.2, 0) is 9.59 Å². The molecule has 8 atom stereocenters. The van der Waals surface area contributed by atoms with E-state index in [0.717, 1.165) is 11.8 Å². The number of hydrogen-bond acceptors (Lipinski definition) is 4. The first kappa shape index (κ1) is 20.8. The molecule has 4 rings (SSSR count). The second-order valence-corrected chi connectivity index (χ2v) is 10.4. The van der Waals surface area contributed by atoms with Crippen LogP contribution in [0.2, 0.25) is 0 Å². The van der Waals surface area contributed by atoms with Crippen LogP contribution in [0.4, 0.5) is 8.78 Å². The van der Waals surface area contributed by atoms with Crippen molar-refractivity contribution in [2.45, 2.75) is 57.5 Å². The Bertz CT molecular complexity index is 861. The Morgan fingerprint density at radius 3 is 2.79 bits per heavy atom. The van der Waals surface area contributed by atoms with Gasteiger partial charge in [0.15, 0.2) is 16.6 Å². The number of aliphatic hydroxyl groups is 1. The van der Waals surface area contributed by atoms with Gasteiger partial charge in [-0.25, -0.2) is 8.78 Å². The normalized spacial score (nSPS) is 48.2. The number of aliphatic hydroxyl groups excluding tert-OH is 1. The first-order chi connectivity index (χ1) is 13.6. The fourth-order valence-electron chi connectivity index (χ4n) is 6.80. The number of carbonyl (C=O) groups is 2. The van der Waals surface area contributed by atoms with Crippen LogP contribution in [0, 0.1) is 40.9 Å². The standard InChI is InChI=1S/C23H26F2O3S/c1-4-9-29-20(28)15-6-5-14-16-11-18(24)17-10-13(26)7-8-22(17,3)23(16,25)19(27)12-21(14,15)2/h1,7-8,10,14-16,18-19,27H,5-6,9,11-12H2,2-3H3/t14?,15-,16+,18+,19+,21+,22+,23+/m1/s1. The van der Waals surface area contributed by atoms with Gasteiger partial charge >= 0.3 is 0 Å². The number of allylic oxidation sites excluding steroid dienone is 4. The van der Waals surface area contributed by atoms with E-state index in [1.807, 2.05) is 6.92 Å². The molecule has 4 aliphatic carbocycles. The molecule has 3 saturated carbocycles. The highest BCUT2D eigenvalue weighted by atomic mass is 32.2. The lowest BCUT2D eigenvalue weighted by Gasteiger charge is -2.62. The molecule has 4 aliphatic rings. The van der Waals surface area contributed by atoms with Crippen LogP contribution in [-0.4, -0.2) is 39.7 Å². The van der Waals surface area contributed by atoms with Gasteiger partial charge in [0.2, 0.25) is 0 Å². The first-order valence-corrected chi connectivity index (χ1v) is 11.1. The van der Waals surface area contributed by atoms with Crippen LogP contribution in [0.15, 0.2) is 23.8 Å². The van der Waals surface area contributed by atoms with Gasteiger partial charge in [-0.15, -0.1) is 6.42 Å². The van der Waals surface area contributed by atoms with E-state index in [-0.39, 0.29) is 46.9 Å². The molecule has 1 N–H and O–H groups in total. The Morgan fingerprint density at radius 1 is 1.38 bits per heavy atom. The lowest BCUT2D eigenvalue weighted by molar-refractivity contribution is -0.201. The average molecular weight is 421 g/mol. The van der Waals surface area contributed by atoms with Gasteiger partial charge in [-0.2, -0.15) is 0 Å². The Morgan fingerprint density at radius 2 is 2.10 bits per heavy atom. The van der Waals surface area contributed by atoms with Crippen LogP contribution in [0.25, 0.3) is 0 Å². The fourth-order valence-corrected chi connectivity index (χ4v) is 7.62. The van der Waals surface area contributed by atoms with Crippen molar-refractivity contribution in [3.8, 4) is 12.3 Å². The average Bonchev–Trinajstić information content (AvgIpc) is 3.00. The van der Waals surface area contributed by atoms with Crippen LogP contribution in [0.5, 0.6) is 0 Å². The van der Waals surface area contributed by atoms with E-state index in [1.165, 1.54) is 18.2 Å². The molecule has 0 saturated heterocycles. The van der Waals surface area contributed by atoms with Gasteiger partial charge in [-0.3, -0.25) is 9.59 Å². The van der Waals surface area contributed by atoms with Crippen molar-refractivity contribution >= 4 is 22.7 Å². The molecular weight excluding hydrogens is 394 g/mol. The lowest BCUT2D eigenvalue weighted by Crippen LogP contribution is -2.68. The molecule has 6 heteroatoms. The molecule has 1 unspecified atom stereocenters. The molecule has 29 heavy (non-hydrogen) atoms. The van der Waals surface area contributed by atoms with E-state index in [0.29, 0.717) is 12.8 Å². The summed E-state index contributed by atoms with van der Waals surface area (Å²) in [6.45, 7) is 3.53. The molecule has 3 nitrogen and oxygen atoms in total. The molecule has 0 amide bonds. The van der Waals surface area contributed by atoms with Gasteiger partial charge in [0, 0.05) is 17.3 Å². The molecule has 0 bridgehead atoms. The first-order valence-electron chi connectivity index (χ1n) is 10.2. The van der Waals surface area contributed by atoms with Crippen LogP contribution in [0.3, 0.4) is 0 Å². The molecule has 0 aromatic rings. The zero-order chi connectivity index (χ0) is 21.2. The number of hydrogen-bond donors (Lipinski definition) is 1. The Balaban J connectivity index is 1.74. The van der Waals surface area contributed by atoms with Crippen molar-refractivity contribution in [2.75, 3.05) is 5.75 Å². The molecular formula is C23H26F2O3S. The zero-order valence-electron chi connectivity index (χ0n) is 16.7. The van der Waals surface area contributed by atoms with Crippen molar-refractivity contribution < 1.29 is 23.5 Å². The monoisotopic (exact) mass is 420 g/mol. The number of halogens is 2. The second-order valence-electron chi connectivity index (χ2n) is 9.39. The minimum atomic E-state index is -2.08. The lowest BCUT2D eigenvalue weighted by atomic mass is 9.45. The number of rotatable bonds is 2. The Labute approximate surface area is 174 Å². The van der Waals surface area contributed by atoms with Gasteiger partial charge in [-0.1, -0.05) is 30.7 Å². The quantitative estimate of drug-likeness (QED) is 0.690. The van der Waals surface area contributed by atoms with E-state index in [1.54, 1.807) is 6.92 Å². The Kier molecular flexibility index (Phi) is 4.87. The zero-order valence-corrected chi connectivity index (χ0v) is 17.5. The van der Waals surface area contributed by atoms with Crippen molar-refractivity contribution in [3.05, 3.63) is 23.8 Å². The number of thioether (sulfide) groups is 1. The number of fused-ring (bicyclic) bond motifs is 5. The van der Waals surface area contributed by atoms with Crippen LogP contribution >= 0.6 is 11.8 Å². The summed E-state index contributed by atoms with van der Waals surface area (Å²) in [4.78, 5) is 24.6. The van der Waals surface area contributed by atoms with Gasteiger partial charge in [0.1, 0.15) is 6.17 Å². The molecule has 0 spiro atoms. The topological polar surface area (TPSA) is 54.4 Å². The predicted molar refractivity (Wildman–Crippen MR) is 108 cm³/mol. The number of terminal acetylenes is 1. The second kappa shape index (κ2) is 6.78. The summed E-state index contributed by atoms with van der Waals surface area (Å²) < 4.78 is 32.0. The minimum Gasteiger partial charge on any atom is -0.390 e. The van der Waals surface area contributed by atoms with E-state index < -0.39 is 34.7 Å². The van der Waals surface area contributed by atoms with E-state index >= 15 is 8.78 Å². The van der Waals surface area contributed by atoms with Gasteiger partial charge in [-0.05, 0) is 61.7 Å². The van der Waals surface area contributed by atoms with Crippen molar-refractivity contribution in [1.29, 1.82) is 0 Å². The number of ketones is 1. The summed E-state index contributed by atoms with van der Waals surface area (Å²) in [5.74, 6) is 1.13. The summed E-state index contributed by atoms with van der Waals surface area (Å²) in [7, 11) is 0. The summed E-state index contributed by atoms with van der Waals surface area (Å²) in [6.07, 6.45) is 7.68. The summed E-state index contributed by atoms with van der Waals surface area (Å²) in [5.41, 5.74) is -3.91. The highest BCUT2D eigenvalue weighted by molar-refractivity contribution is 8.13. The molecule has 0 aliphatic heterocycles. The molecule has 156 valence electrons. The molecule has 0 radical (unpaired) electrons. The highest BCUT2D eigenvalue weighted by Gasteiger charge is 2.72. The van der Waals surface area contributed by atoms with Crippen LogP contribution < -0.4 is 0 Å². The third kappa shape index (κ3) is 2.66. The summed E-state index contributed by atoms with van der Waals surface area (Å²) in [5, 5.41) is 11.1. The third-order valence-corrected chi connectivity index (χ3v) is 9.09. The number of alkyl halides is 2. The summed E-state index contributed by atoms with van der Waals surface area (Å²) >= 11 is 1.09. The predicted octanol–water partition coefficient (Wildman–Crippen LogP) is 3.81. The fraction of sp³-hybridized carbons (Fsp3) is 0.652. The largest absolute Gasteiger partial charge is 0.390 e. The molecule has 0 aromatic carbocycles. The van der Waals surface area contributed by atoms with Crippen LogP contribution in [0.1, 0.15) is 39.5 Å². The van der Waals surface area contributed by atoms with Crippen molar-refractivity contribution in [3.63, 3.8) is 0 Å². The maximum atomic E-state index is 16.8. The number of carbonyl (C=O) groups excluding carboxylic acids is 2. The molecule has 0 aromatic heterocycles. The highest BCUT2D eigenvalue weighted by Crippen LogP contribution is 2.69. The van der Waals surface area contributed by atoms with Crippen molar-refractivity contribution in [2.24, 2.45) is 28.6 Å². The molecule has 3 fully saturated rings. The Hall–Kier alpha value is -1.45. The molecule has 0 heterocycles.